The van der Waals surface area contributed by atoms with Gasteiger partial charge in [0, 0.05) is 10.0 Å². The van der Waals surface area contributed by atoms with E-state index in [1.807, 2.05) is 24.3 Å². The quantitative estimate of drug-likeness (QED) is 0.702. The molecule has 1 aromatic rings. The van der Waals surface area contributed by atoms with Crippen LogP contribution in [-0.2, 0) is 0 Å². The fourth-order valence-electron chi connectivity index (χ4n) is 0.933. The molecule has 1 radical (unpaired) electrons. The Morgan fingerprint density at radius 1 is 1.08 bits per heavy atom. The minimum absolute atomic E-state index is 0.808. The van der Waals surface area contributed by atoms with Gasteiger partial charge >= 0.3 is 0 Å². The van der Waals surface area contributed by atoms with Crippen LogP contribution in [0.15, 0.2) is 45.3 Å². The minimum atomic E-state index is 0.808. The Morgan fingerprint density at radius 2 is 1.83 bits per heavy atom. The van der Waals surface area contributed by atoms with E-state index in [0.717, 1.165) is 15.7 Å². The monoisotopic (exact) mass is 222 g/mol. The van der Waals surface area contributed by atoms with E-state index in [1.165, 1.54) is 0 Å². The predicted octanol–water partition coefficient (Wildman–Crippen LogP) is 2.73. The van der Waals surface area contributed by atoms with Crippen LogP contribution in [0.4, 0.5) is 0 Å². The normalized spacial score (nSPS) is 14.2. The lowest BCUT2D eigenvalue weighted by Crippen LogP contribution is -1.78. The maximum Gasteiger partial charge on any atom is 0.115 e. The van der Waals surface area contributed by atoms with Crippen molar-refractivity contribution in [3.8, 4) is 0 Å². The lowest BCUT2D eigenvalue weighted by molar-refractivity contribution is 0.906. The molecule has 0 N–H and O–H groups in total. The molecule has 0 aliphatic carbocycles. The third-order valence-electron chi connectivity index (χ3n) is 1.52. The van der Waals surface area contributed by atoms with Crippen molar-refractivity contribution in [3.63, 3.8) is 0 Å². The second-order valence-electron chi connectivity index (χ2n) is 2.33. The average molecular weight is 223 g/mol. The topological polar surface area (TPSA) is 38.8 Å². The Balaban J connectivity index is 2.35. The van der Waals surface area contributed by atoms with Crippen LogP contribution in [0.1, 0.15) is 5.56 Å². The van der Waals surface area contributed by atoms with Crippen molar-refractivity contribution in [2.45, 2.75) is 0 Å². The summed E-state index contributed by atoms with van der Waals surface area (Å²) in [4.78, 5) is 0. The first-order chi connectivity index (χ1) is 5.86. The zero-order valence-electron chi connectivity index (χ0n) is 6.11. The van der Waals surface area contributed by atoms with E-state index < -0.39 is 0 Å². The Bertz CT molecular complexity index is 340. The fraction of sp³-hybridized carbons (Fsp3) is 0. The van der Waals surface area contributed by atoms with Gasteiger partial charge < -0.3 is 0 Å². The number of hydrogen-bond acceptors (Lipinski definition) is 2. The van der Waals surface area contributed by atoms with Crippen LogP contribution in [-0.4, -0.2) is 0 Å². The van der Waals surface area contributed by atoms with Crippen LogP contribution in [0.25, 0.3) is 5.70 Å². The molecule has 59 valence electrons. The van der Waals surface area contributed by atoms with Gasteiger partial charge in [-0.2, -0.15) is 0 Å². The highest BCUT2D eigenvalue weighted by molar-refractivity contribution is 9.10. The SMILES string of the molecule is Brc1ccc(C2=C[N]N=N2)cc1. The van der Waals surface area contributed by atoms with E-state index >= 15 is 0 Å². The van der Waals surface area contributed by atoms with Crippen molar-refractivity contribution in [3.05, 3.63) is 40.5 Å². The van der Waals surface area contributed by atoms with Crippen LogP contribution in [0.5, 0.6) is 0 Å². The van der Waals surface area contributed by atoms with Crippen molar-refractivity contribution < 1.29 is 0 Å². The van der Waals surface area contributed by atoms with Gasteiger partial charge in [0.25, 0.3) is 0 Å². The summed E-state index contributed by atoms with van der Waals surface area (Å²) < 4.78 is 1.05. The second-order valence-corrected chi connectivity index (χ2v) is 3.24. The third kappa shape index (κ3) is 1.38. The van der Waals surface area contributed by atoms with Crippen molar-refractivity contribution in [2.24, 2.45) is 10.3 Å². The first-order valence-corrected chi connectivity index (χ1v) is 4.22. The molecule has 0 unspecified atom stereocenters. The van der Waals surface area contributed by atoms with E-state index in [0.29, 0.717) is 0 Å². The van der Waals surface area contributed by atoms with Gasteiger partial charge in [-0.15, -0.1) is 10.5 Å². The molecule has 0 saturated heterocycles. The molecule has 0 aromatic heterocycles. The van der Waals surface area contributed by atoms with Crippen LogP contribution in [0.3, 0.4) is 0 Å². The smallest absolute Gasteiger partial charge is 0.115 e. The number of nitrogens with zero attached hydrogens (tertiary/aromatic N) is 3. The molecule has 4 heteroatoms. The van der Waals surface area contributed by atoms with Crippen molar-refractivity contribution in [1.29, 1.82) is 0 Å². The standard InChI is InChI=1S/C8H5BrN3/c9-7-3-1-6(2-4-7)8-5-10-12-11-8/h1-5H. The average Bonchev–Trinajstić information content (AvgIpc) is 2.58. The molecule has 12 heavy (non-hydrogen) atoms. The Kier molecular flexibility index (Phi) is 1.91. The summed E-state index contributed by atoms with van der Waals surface area (Å²) in [6.45, 7) is 0. The second kappa shape index (κ2) is 3.06. The summed E-state index contributed by atoms with van der Waals surface area (Å²) in [5, 5.41) is 7.35. The Labute approximate surface area is 78.3 Å². The Morgan fingerprint density at radius 3 is 2.42 bits per heavy atom. The van der Waals surface area contributed by atoms with Crippen LogP contribution in [0.2, 0.25) is 0 Å². The molecule has 0 amide bonds. The van der Waals surface area contributed by atoms with Crippen molar-refractivity contribution in [1.82, 2.24) is 5.43 Å². The molecule has 2 rings (SSSR count). The highest BCUT2D eigenvalue weighted by Gasteiger charge is 2.03. The van der Waals surface area contributed by atoms with Gasteiger partial charge in [-0.05, 0) is 17.4 Å². The third-order valence-corrected chi connectivity index (χ3v) is 2.05. The summed E-state index contributed by atoms with van der Waals surface area (Å²) >= 11 is 3.36. The first kappa shape index (κ1) is 7.49. The van der Waals surface area contributed by atoms with E-state index in [2.05, 4.69) is 31.7 Å². The van der Waals surface area contributed by atoms with Gasteiger partial charge in [0.05, 0.1) is 6.20 Å². The molecule has 1 aliphatic heterocycles. The Hall–Kier alpha value is -1.16. The van der Waals surface area contributed by atoms with E-state index in [4.69, 9.17) is 0 Å². The number of hydrogen-bond donors (Lipinski definition) is 0. The highest BCUT2D eigenvalue weighted by atomic mass is 79.9. The van der Waals surface area contributed by atoms with Gasteiger partial charge in [-0.25, -0.2) is 0 Å². The fourth-order valence-corrected chi connectivity index (χ4v) is 1.20. The maximum absolute atomic E-state index is 3.84. The number of benzene rings is 1. The molecular formula is C8H5BrN3. The minimum Gasteiger partial charge on any atom is -0.136 e. The molecule has 0 spiro atoms. The van der Waals surface area contributed by atoms with Gasteiger partial charge in [0.2, 0.25) is 0 Å². The molecule has 1 aromatic carbocycles. The number of rotatable bonds is 1. The predicted molar refractivity (Wildman–Crippen MR) is 49.1 cm³/mol. The van der Waals surface area contributed by atoms with Crippen molar-refractivity contribution >= 4 is 21.6 Å². The van der Waals surface area contributed by atoms with Gasteiger partial charge in [-0.3, -0.25) is 0 Å². The molecule has 3 nitrogen and oxygen atoms in total. The summed E-state index contributed by atoms with van der Waals surface area (Å²) in [6.07, 6.45) is 1.64. The molecule has 0 atom stereocenters. The molecule has 1 heterocycles. The van der Waals surface area contributed by atoms with E-state index in [1.54, 1.807) is 6.20 Å². The summed E-state index contributed by atoms with van der Waals surface area (Å²) in [6, 6.07) is 7.86. The van der Waals surface area contributed by atoms with Crippen LogP contribution < -0.4 is 5.43 Å². The van der Waals surface area contributed by atoms with Gasteiger partial charge in [0.15, 0.2) is 0 Å². The van der Waals surface area contributed by atoms with Crippen LogP contribution >= 0.6 is 15.9 Å². The summed E-state index contributed by atoms with van der Waals surface area (Å²) in [5.74, 6) is 0. The van der Waals surface area contributed by atoms with E-state index in [-0.39, 0.29) is 0 Å². The zero-order chi connectivity index (χ0) is 8.39. The number of halogens is 1. The first-order valence-electron chi connectivity index (χ1n) is 3.43. The molecule has 0 fully saturated rings. The molecule has 1 aliphatic rings. The maximum atomic E-state index is 3.84. The molecule has 0 saturated carbocycles. The van der Waals surface area contributed by atoms with E-state index in [9.17, 15) is 0 Å². The largest absolute Gasteiger partial charge is 0.136 e. The van der Waals surface area contributed by atoms with Gasteiger partial charge in [0.1, 0.15) is 5.70 Å². The molecular weight excluding hydrogens is 218 g/mol. The molecule has 0 bridgehead atoms. The van der Waals surface area contributed by atoms with Gasteiger partial charge in [-0.1, -0.05) is 28.1 Å². The summed E-state index contributed by atoms with van der Waals surface area (Å²) in [5.41, 5.74) is 5.49. The lowest BCUT2D eigenvalue weighted by Gasteiger charge is -1.95. The van der Waals surface area contributed by atoms with Crippen molar-refractivity contribution in [2.75, 3.05) is 0 Å². The van der Waals surface area contributed by atoms with Crippen LogP contribution in [0, 0.1) is 0 Å². The zero-order valence-corrected chi connectivity index (χ0v) is 7.69. The highest BCUT2D eigenvalue weighted by Crippen LogP contribution is 2.20. The lowest BCUT2D eigenvalue weighted by atomic mass is 10.2. The summed E-state index contributed by atoms with van der Waals surface area (Å²) in [7, 11) is 0.